The van der Waals surface area contributed by atoms with Crippen LogP contribution in [0, 0.1) is 10.1 Å². The van der Waals surface area contributed by atoms with E-state index >= 15 is 0 Å². The monoisotopic (exact) mass is 341 g/mol. The minimum atomic E-state index is -0.522. The van der Waals surface area contributed by atoms with E-state index in [9.17, 15) is 14.9 Å². The Morgan fingerprint density at radius 2 is 2.00 bits per heavy atom. The Balaban J connectivity index is 2.20. The van der Waals surface area contributed by atoms with Gasteiger partial charge in [0.1, 0.15) is 12.0 Å². The van der Waals surface area contributed by atoms with Gasteiger partial charge in [0.2, 0.25) is 0 Å². The van der Waals surface area contributed by atoms with Crippen molar-refractivity contribution in [3.8, 4) is 0 Å². The van der Waals surface area contributed by atoms with Crippen LogP contribution in [0.2, 0.25) is 0 Å². The molecule has 0 saturated carbocycles. The van der Waals surface area contributed by atoms with Crippen LogP contribution < -0.4 is 5.56 Å². The van der Waals surface area contributed by atoms with Crippen molar-refractivity contribution in [3.05, 3.63) is 62.3 Å². The van der Waals surface area contributed by atoms with E-state index < -0.39 is 15.9 Å². The zero-order chi connectivity index (χ0) is 18.2. The largest absolute Gasteiger partial charge is 0.298 e. The van der Waals surface area contributed by atoms with Crippen LogP contribution in [-0.4, -0.2) is 35.6 Å². The summed E-state index contributed by atoms with van der Waals surface area (Å²) in [6.07, 6.45) is 2.61. The van der Waals surface area contributed by atoms with E-state index in [2.05, 4.69) is 20.4 Å². The molecule has 0 fully saturated rings. The summed E-state index contributed by atoms with van der Waals surface area (Å²) >= 11 is 0. The SMILES string of the molecule is CC(C)(C)c1nn2cnnc2n(N=Cc2ccccc2[N+](=O)[O-])c1=O. The fourth-order valence-electron chi connectivity index (χ4n) is 2.23. The van der Waals surface area contributed by atoms with Crippen molar-refractivity contribution >= 4 is 17.7 Å². The normalized spacial score (nSPS) is 12.1. The van der Waals surface area contributed by atoms with Crippen molar-refractivity contribution in [2.45, 2.75) is 26.2 Å². The number of fused-ring (bicyclic) bond motifs is 1. The fraction of sp³-hybridized carbons (Fsp3) is 0.267. The highest BCUT2D eigenvalue weighted by Gasteiger charge is 2.24. The second kappa shape index (κ2) is 5.89. The van der Waals surface area contributed by atoms with E-state index in [1.807, 2.05) is 20.8 Å². The maximum atomic E-state index is 12.7. The summed E-state index contributed by atoms with van der Waals surface area (Å²) < 4.78 is 2.38. The summed E-state index contributed by atoms with van der Waals surface area (Å²) in [5.74, 6) is 0.118. The van der Waals surface area contributed by atoms with Gasteiger partial charge in [0.15, 0.2) is 0 Å². The van der Waals surface area contributed by atoms with Crippen molar-refractivity contribution < 1.29 is 4.92 Å². The van der Waals surface area contributed by atoms with Crippen molar-refractivity contribution in [1.29, 1.82) is 0 Å². The Morgan fingerprint density at radius 1 is 1.28 bits per heavy atom. The summed E-state index contributed by atoms with van der Waals surface area (Å²) in [4.78, 5) is 23.3. The molecule has 0 unspecified atom stereocenters. The van der Waals surface area contributed by atoms with Crippen LogP contribution in [0.5, 0.6) is 0 Å². The van der Waals surface area contributed by atoms with Gasteiger partial charge in [-0.2, -0.15) is 19.4 Å². The van der Waals surface area contributed by atoms with Gasteiger partial charge in [-0.05, 0) is 6.07 Å². The zero-order valence-electron chi connectivity index (χ0n) is 13.8. The van der Waals surface area contributed by atoms with Gasteiger partial charge < -0.3 is 0 Å². The molecule has 0 N–H and O–H groups in total. The number of hydrogen-bond donors (Lipinski definition) is 0. The molecular formula is C15H15N7O3. The van der Waals surface area contributed by atoms with Crippen molar-refractivity contribution in [2.75, 3.05) is 0 Å². The van der Waals surface area contributed by atoms with Gasteiger partial charge in [-0.1, -0.05) is 32.9 Å². The minimum absolute atomic E-state index is 0.109. The number of para-hydroxylation sites is 1. The molecule has 0 aliphatic rings. The Hall–Kier alpha value is -3.43. The number of hydrogen-bond acceptors (Lipinski definition) is 7. The fourth-order valence-corrected chi connectivity index (χ4v) is 2.23. The summed E-state index contributed by atoms with van der Waals surface area (Å²) in [7, 11) is 0. The number of benzene rings is 1. The molecule has 0 aliphatic carbocycles. The highest BCUT2D eigenvalue weighted by molar-refractivity contribution is 5.85. The van der Waals surface area contributed by atoms with Crippen molar-refractivity contribution in [1.82, 2.24) is 24.5 Å². The number of nitrogens with zero attached hydrogens (tertiary/aromatic N) is 7. The molecule has 10 heteroatoms. The lowest BCUT2D eigenvalue weighted by atomic mass is 9.93. The van der Waals surface area contributed by atoms with Gasteiger partial charge in [0.05, 0.1) is 16.7 Å². The third-order valence-electron chi connectivity index (χ3n) is 3.46. The third kappa shape index (κ3) is 3.01. The van der Waals surface area contributed by atoms with Crippen LogP contribution in [0.4, 0.5) is 5.69 Å². The van der Waals surface area contributed by atoms with Crippen LogP contribution in [0.25, 0.3) is 5.78 Å². The lowest BCUT2D eigenvalue weighted by Crippen LogP contribution is -2.33. The Kier molecular flexibility index (Phi) is 3.87. The standard InChI is InChI=1S/C15H15N7O3/c1-15(2,3)12-13(23)21(14-18-16-9-20(14)19-12)17-8-10-6-4-5-7-11(10)22(24)25/h4-9H,1-3H3. The first-order valence-corrected chi connectivity index (χ1v) is 7.40. The van der Waals surface area contributed by atoms with E-state index in [4.69, 9.17) is 0 Å². The number of aromatic nitrogens is 5. The second-order valence-corrected chi connectivity index (χ2v) is 6.35. The van der Waals surface area contributed by atoms with Gasteiger partial charge >= 0.3 is 0 Å². The van der Waals surface area contributed by atoms with E-state index in [0.29, 0.717) is 0 Å². The molecule has 0 spiro atoms. The van der Waals surface area contributed by atoms with Crippen LogP contribution in [0.1, 0.15) is 32.0 Å². The molecule has 128 valence electrons. The third-order valence-corrected chi connectivity index (χ3v) is 3.46. The molecule has 3 aromatic rings. The number of nitro groups is 1. The predicted octanol–water partition coefficient (Wildman–Crippen LogP) is 1.37. The molecule has 0 bridgehead atoms. The molecular weight excluding hydrogens is 326 g/mol. The Labute approximate surface area is 141 Å². The molecule has 1 aromatic carbocycles. The summed E-state index contributed by atoms with van der Waals surface area (Å²) in [5.41, 5.74) is -0.540. The number of rotatable bonds is 3. The van der Waals surface area contributed by atoms with Gasteiger partial charge in [-0.25, -0.2) is 0 Å². The molecule has 0 atom stereocenters. The molecule has 0 saturated heterocycles. The highest BCUT2D eigenvalue weighted by Crippen LogP contribution is 2.17. The first-order chi connectivity index (χ1) is 11.8. The summed E-state index contributed by atoms with van der Waals surface area (Å²) in [5, 5.41) is 27.0. The van der Waals surface area contributed by atoms with Crippen LogP contribution >= 0.6 is 0 Å². The molecule has 2 heterocycles. The first kappa shape index (κ1) is 16.4. The van der Waals surface area contributed by atoms with Crippen molar-refractivity contribution in [2.24, 2.45) is 5.10 Å². The van der Waals surface area contributed by atoms with Gasteiger partial charge in [-0.3, -0.25) is 14.9 Å². The van der Waals surface area contributed by atoms with E-state index in [-0.39, 0.29) is 22.7 Å². The Bertz CT molecular complexity index is 1040. The molecule has 0 aliphatic heterocycles. The minimum Gasteiger partial charge on any atom is -0.265 e. The van der Waals surface area contributed by atoms with Crippen LogP contribution in [0.15, 0.2) is 40.5 Å². The lowest BCUT2D eigenvalue weighted by molar-refractivity contribution is -0.385. The first-order valence-electron chi connectivity index (χ1n) is 7.40. The topological polar surface area (TPSA) is 121 Å². The lowest BCUT2D eigenvalue weighted by Gasteiger charge is -2.16. The average Bonchev–Trinajstić information content (AvgIpc) is 3.01. The van der Waals surface area contributed by atoms with Crippen LogP contribution in [-0.2, 0) is 5.41 Å². The second-order valence-electron chi connectivity index (χ2n) is 6.35. The molecule has 10 nitrogen and oxygen atoms in total. The summed E-state index contributed by atoms with van der Waals surface area (Å²) in [6, 6.07) is 6.11. The molecule has 0 amide bonds. The maximum Gasteiger partial charge on any atom is 0.298 e. The highest BCUT2D eigenvalue weighted by atomic mass is 16.6. The maximum absolute atomic E-state index is 12.7. The van der Waals surface area contributed by atoms with Gasteiger partial charge in [0, 0.05) is 11.5 Å². The zero-order valence-corrected chi connectivity index (χ0v) is 13.8. The average molecular weight is 341 g/mol. The van der Waals surface area contributed by atoms with Gasteiger partial charge in [0.25, 0.3) is 17.0 Å². The predicted molar refractivity (Wildman–Crippen MR) is 89.8 cm³/mol. The quantitative estimate of drug-likeness (QED) is 0.403. The molecule has 3 rings (SSSR count). The summed E-state index contributed by atoms with van der Waals surface area (Å²) in [6.45, 7) is 5.55. The van der Waals surface area contributed by atoms with Crippen LogP contribution in [0.3, 0.4) is 0 Å². The van der Waals surface area contributed by atoms with Crippen molar-refractivity contribution in [3.63, 3.8) is 0 Å². The van der Waals surface area contributed by atoms with E-state index in [0.717, 1.165) is 4.68 Å². The smallest absolute Gasteiger partial charge is 0.265 e. The van der Waals surface area contributed by atoms with Gasteiger partial charge in [-0.15, -0.1) is 10.2 Å². The number of nitro benzene ring substituents is 1. The van der Waals surface area contributed by atoms with E-state index in [1.54, 1.807) is 18.2 Å². The van der Waals surface area contributed by atoms with E-state index in [1.165, 1.54) is 23.1 Å². The molecule has 0 radical (unpaired) electrons. The Morgan fingerprint density at radius 3 is 2.68 bits per heavy atom. The molecule has 2 aromatic heterocycles. The molecule has 25 heavy (non-hydrogen) atoms.